The van der Waals surface area contributed by atoms with E-state index >= 15 is 0 Å². The van der Waals surface area contributed by atoms with Crippen LogP contribution in [0.2, 0.25) is 0 Å². The average molecular weight is 369 g/mol. The van der Waals surface area contributed by atoms with Crippen molar-refractivity contribution < 1.29 is 27.5 Å². The molecule has 0 saturated heterocycles. The van der Waals surface area contributed by atoms with Gasteiger partial charge in [-0.3, -0.25) is 4.79 Å². The van der Waals surface area contributed by atoms with E-state index in [1.54, 1.807) is 39.0 Å². The lowest BCUT2D eigenvalue weighted by atomic mass is 10.1. The molecule has 0 saturated carbocycles. The fourth-order valence-electron chi connectivity index (χ4n) is 1.83. The van der Waals surface area contributed by atoms with Gasteiger partial charge in [0.1, 0.15) is 5.60 Å². The van der Waals surface area contributed by atoms with Crippen molar-refractivity contribution in [1.29, 1.82) is 0 Å². The standard InChI is InChI=1S/C17H23NO6S/c1-17(2,3)24-15(19)12-13(18-16(20)23-4)10-11-25(21,22)14-8-6-5-7-9-14/h5-11,13H,12H2,1-4H3,(H,18,20)/b11-10+. The Bertz CT molecular complexity index is 719. The highest BCUT2D eigenvalue weighted by Crippen LogP contribution is 2.13. The van der Waals surface area contributed by atoms with Crippen LogP contribution in [0.3, 0.4) is 0 Å². The smallest absolute Gasteiger partial charge is 0.407 e. The Morgan fingerprint density at radius 1 is 1.20 bits per heavy atom. The van der Waals surface area contributed by atoms with Crippen LogP contribution in [0, 0.1) is 0 Å². The molecule has 1 amide bonds. The first-order chi connectivity index (χ1) is 11.5. The summed E-state index contributed by atoms with van der Waals surface area (Å²) >= 11 is 0. The zero-order valence-corrected chi connectivity index (χ0v) is 15.5. The molecule has 1 rings (SSSR count). The number of benzene rings is 1. The Morgan fingerprint density at radius 2 is 1.80 bits per heavy atom. The molecular weight excluding hydrogens is 346 g/mol. The molecular formula is C17H23NO6S. The third-order valence-corrected chi connectivity index (χ3v) is 4.30. The maximum atomic E-state index is 12.3. The second kappa shape index (κ2) is 8.66. The highest BCUT2D eigenvalue weighted by Gasteiger charge is 2.21. The van der Waals surface area contributed by atoms with E-state index in [9.17, 15) is 18.0 Å². The quantitative estimate of drug-likeness (QED) is 0.773. The van der Waals surface area contributed by atoms with Crippen molar-refractivity contribution in [2.45, 2.75) is 43.7 Å². The topological polar surface area (TPSA) is 98.8 Å². The first kappa shape index (κ1) is 20.7. The zero-order chi connectivity index (χ0) is 19.1. The summed E-state index contributed by atoms with van der Waals surface area (Å²) in [5.41, 5.74) is -0.688. The maximum Gasteiger partial charge on any atom is 0.407 e. The average Bonchev–Trinajstić information content (AvgIpc) is 2.51. The van der Waals surface area contributed by atoms with E-state index in [1.165, 1.54) is 25.3 Å². The number of methoxy groups -OCH3 is 1. The Morgan fingerprint density at radius 3 is 2.32 bits per heavy atom. The first-order valence-electron chi connectivity index (χ1n) is 7.58. The largest absolute Gasteiger partial charge is 0.460 e. The van der Waals surface area contributed by atoms with Gasteiger partial charge in [-0.25, -0.2) is 13.2 Å². The number of hydrogen-bond acceptors (Lipinski definition) is 6. The van der Waals surface area contributed by atoms with Crippen LogP contribution in [0.15, 0.2) is 46.7 Å². The summed E-state index contributed by atoms with van der Waals surface area (Å²) in [5.74, 6) is -0.573. The van der Waals surface area contributed by atoms with Crippen molar-refractivity contribution >= 4 is 21.9 Å². The minimum Gasteiger partial charge on any atom is -0.460 e. The van der Waals surface area contributed by atoms with E-state index < -0.39 is 33.5 Å². The maximum absolute atomic E-state index is 12.3. The van der Waals surface area contributed by atoms with Crippen LogP contribution < -0.4 is 5.32 Å². The molecule has 1 N–H and O–H groups in total. The van der Waals surface area contributed by atoms with Gasteiger partial charge >= 0.3 is 12.1 Å². The van der Waals surface area contributed by atoms with Crippen molar-refractivity contribution in [3.63, 3.8) is 0 Å². The summed E-state index contributed by atoms with van der Waals surface area (Å²) in [5, 5.41) is 3.35. The van der Waals surface area contributed by atoms with Gasteiger partial charge in [-0.2, -0.15) is 0 Å². The number of carbonyl (C=O) groups excluding carboxylic acids is 2. The number of nitrogens with one attached hydrogen (secondary N) is 1. The Hall–Kier alpha value is -2.35. The first-order valence-corrected chi connectivity index (χ1v) is 9.13. The molecule has 1 unspecified atom stereocenters. The summed E-state index contributed by atoms with van der Waals surface area (Å²) in [6.07, 6.45) is 0.214. The van der Waals surface area contributed by atoms with Crippen LogP contribution >= 0.6 is 0 Å². The monoisotopic (exact) mass is 369 g/mol. The predicted octanol–water partition coefficient (Wildman–Crippen LogP) is 2.43. The van der Waals surface area contributed by atoms with Gasteiger partial charge in [0.2, 0.25) is 0 Å². The van der Waals surface area contributed by atoms with Crippen molar-refractivity contribution in [2.75, 3.05) is 7.11 Å². The summed E-state index contributed by atoms with van der Waals surface area (Å²) in [6, 6.07) is 6.93. The number of sulfone groups is 1. The Kier molecular flexibility index (Phi) is 7.17. The highest BCUT2D eigenvalue weighted by atomic mass is 32.2. The third-order valence-electron chi connectivity index (χ3n) is 2.86. The van der Waals surface area contributed by atoms with Crippen molar-refractivity contribution in [3.05, 3.63) is 41.8 Å². The van der Waals surface area contributed by atoms with Crippen LogP contribution in [0.5, 0.6) is 0 Å². The number of amides is 1. The zero-order valence-electron chi connectivity index (χ0n) is 14.7. The highest BCUT2D eigenvalue weighted by molar-refractivity contribution is 7.94. The van der Waals surface area contributed by atoms with Crippen LogP contribution in [0.1, 0.15) is 27.2 Å². The second-order valence-corrected chi connectivity index (χ2v) is 8.05. The molecule has 1 aromatic carbocycles. The molecule has 0 spiro atoms. The number of carbonyl (C=O) groups is 2. The Labute approximate surface area is 147 Å². The van der Waals surface area contributed by atoms with Gasteiger partial charge in [0.05, 0.1) is 24.5 Å². The SMILES string of the molecule is COC(=O)NC(/C=C/S(=O)(=O)c1ccccc1)CC(=O)OC(C)(C)C. The van der Waals surface area contributed by atoms with Gasteiger partial charge in [-0.05, 0) is 39.0 Å². The van der Waals surface area contributed by atoms with Crippen LogP contribution in [0.25, 0.3) is 0 Å². The lowest BCUT2D eigenvalue weighted by Crippen LogP contribution is -2.36. The van der Waals surface area contributed by atoms with E-state index in [2.05, 4.69) is 10.1 Å². The number of hydrogen-bond donors (Lipinski definition) is 1. The normalized spacial score (nSPS) is 13.3. The molecule has 0 aliphatic heterocycles. The number of ether oxygens (including phenoxy) is 2. The summed E-state index contributed by atoms with van der Waals surface area (Å²) in [6.45, 7) is 5.13. The molecule has 138 valence electrons. The van der Waals surface area contributed by atoms with E-state index in [4.69, 9.17) is 4.74 Å². The minimum absolute atomic E-state index is 0.111. The molecule has 1 atom stereocenters. The molecule has 0 bridgehead atoms. The molecule has 0 aromatic heterocycles. The molecule has 7 nitrogen and oxygen atoms in total. The molecule has 25 heavy (non-hydrogen) atoms. The molecule has 0 fully saturated rings. The fourth-order valence-corrected chi connectivity index (χ4v) is 2.92. The number of alkyl carbamates (subject to hydrolysis) is 1. The second-order valence-electron chi connectivity index (χ2n) is 6.22. The van der Waals surface area contributed by atoms with Gasteiger partial charge in [0, 0.05) is 5.41 Å². The predicted molar refractivity (Wildman–Crippen MR) is 92.6 cm³/mol. The molecule has 0 heterocycles. The lowest BCUT2D eigenvalue weighted by Gasteiger charge is -2.21. The van der Waals surface area contributed by atoms with Crippen LogP contribution in [-0.2, 0) is 24.1 Å². The van der Waals surface area contributed by atoms with E-state index in [0.29, 0.717) is 0 Å². The molecule has 0 aliphatic rings. The van der Waals surface area contributed by atoms with Gasteiger partial charge < -0.3 is 14.8 Å². The fraction of sp³-hybridized carbons (Fsp3) is 0.412. The Balaban J connectivity index is 2.93. The third kappa shape index (κ3) is 7.84. The molecule has 0 aliphatic carbocycles. The van der Waals surface area contributed by atoms with Gasteiger partial charge in [-0.1, -0.05) is 18.2 Å². The van der Waals surface area contributed by atoms with Crippen LogP contribution in [0.4, 0.5) is 4.79 Å². The van der Waals surface area contributed by atoms with Gasteiger partial charge in [0.25, 0.3) is 0 Å². The minimum atomic E-state index is -3.69. The van der Waals surface area contributed by atoms with Crippen molar-refractivity contribution in [2.24, 2.45) is 0 Å². The van der Waals surface area contributed by atoms with Gasteiger partial charge in [0.15, 0.2) is 9.84 Å². The summed E-state index contributed by atoms with van der Waals surface area (Å²) < 4.78 is 34.2. The molecule has 8 heteroatoms. The van der Waals surface area contributed by atoms with Crippen molar-refractivity contribution in [1.82, 2.24) is 5.32 Å². The molecule has 1 aromatic rings. The number of esters is 1. The summed E-state index contributed by atoms with van der Waals surface area (Å²) in [7, 11) is -2.52. The van der Waals surface area contributed by atoms with Crippen LogP contribution in [-0.4, -0.2) is 39.2 Å². The lowest BCUT2D eigenvalue weighted by molar-refractivity contribution is -0.155. The van der Waals surface area contributed by atoms with E-state index in [1.807, 2.05) is 0 Å². The van der Waals surface area contributed by atoms with Crippen molar-refractivity contribution in [3.8, 4) is 0 Å². The number of rotatable bonds is 6. The molecule has 0 radical (unpaired) electrons. The summed E-state index contributed by atoms with van der Waals surface area (Å²) in [4.78, 5) is 23.5. The van der Waals surface area contributed by atoms with Gasteiger partial charge in [-0.15, -0.1) is 0 Å². The van der Waals surface area contributed by atoms with E-state index in [-0.39, 0.29) is 11.3 Å². The van der Waals surface area contributed by atoms with E-state index in [0.717, 1.165) is 5.41 Å².